The molecular formula is C59H66N10O6S. The fourth-order valence-corrected chi connectivity index (χ4v) is 14.7. The molecule has 13 rings (SSSR count). The molecule has 0 spiro atoms. The largest absolute Gasteiger partial charge is 0.508 e. The van der Waals surface area contributed by atoms with Gasteiger partial charge in [0.15, 0.2) is 5.76 Å². The topological polar surface area (TPSA) is 184 Å². The third-order valence-electron chi connectivity index (χ3n) is 17.7. The van der Waals surface area contributed by atoms with Gasteiger partial charge in [0, 0.05) is 67.1 Å². The second-order valence-corrected chi connectivity index (χ2v) is 23.6. The number of anilines is 1. The number of ether oxygens (including phenoxy) is 2. The summed E-state index contributed by atoms with van der Waals surface area (Å²) in [4.78, 5) is 56.2. The van der Waals surface area contributed by atoms with E-state index in [9.17, 15) is 14.7 Å². The molecule has 1 aliphatic carbocycles. The lowest BCUT2D eigenvalue weighted by atomic mass is 9.79. The van der Waals surface area contributed by atoms with E-state index in [4.69, 9.17) is 28.9 Å². The molecule has 4 aromatic heterocycles. The van der Waals surface area contributed by atoms with Gasteiger partial charge in [-0.25, -0.2) is 4.98 Å². The van der Waals surface area contributed by atoms with E-state index in [1.165, 1.54) is 5.56 Å². The highest BCUT2D eigenvalue weighted by atomic mass is 32.1. The summed E-state index contributed by atoms with van der Waals surface area (Å²) in [7, 11) is 0. The van der Waals surface area contributed by atoms with Crippen LogP contribution >= 0.6 is 11.3 Å². The first-order valence-electron chi connectivity index (χ1n) is 27.5. The molecule has 3 aromatic carbocycles. The maximum atomic E-state index is 14.5. The molecule has 76 heavy (non-hydrogen) atoms. The number of aromatic hydroxyl groups is 1. The number of phenolic OH excluding ortho intramolecular Hbond substituents is 1. The third-order valence-corrected chi connectivity index (χ3v) is 18.7. The van der Waals surface area contributed by atoms with Crippen molar-refractivity contribution in [2.75, 3.05) is 44.3 Å². The van der Waals surface area contributed by atoms with E-state index in [0.29, 0.717) is 55.9 Å². The van der Waals surface area contributed by atoms with Gasteiger partial charge in [-0.3, -0.25) is 19.5 Å². The summed E-state index contributed by atoms with van der Waals surface area (Å²) in [6.45, 7) is 14.2. The summed E-state index contributed by atoms with van der Waals surface area (Å²) in [5, 5.41) is 25.2. The summed E-state index contributed by atoms with van der Waals surface area (Å²) < 4.78 is 19.2. The summed E-state index contributed by atoms with van der Waals surface area (Å²) in [6, 6.07) is 20.5. The summed E-state index contributed by atoms with van der Waals surface area (Å²) in [5.74, 6) is 0.835. The van der Waals surface area contributed by atoms with E-state index >= 15 is 0 Å². The van der Waals surface area contributed by atoms with Crippen LogP contribution in [0.25, 0.3) is 43.4 Å². The smallest absolute Gasteiger partial charge is 0.319 e. The minimum atomic E-state index is -0.628. The van der Waals surface area contributed by atoms with Crippen molar-refractivity contribution in [3.8, 4) is 39.3 Å². The predicted molar refractivity (Wildman–Crippen MR) is 292 cm³/mol. The Morgan fingerprint density at radius 1 is 0.961 bits per heavy atom. The molecule has 8 atom stereocenters. The molecule has 0 saturated carbocycles. The van der Waals surface area contributed by atoms with Gasteiger partial charge < -0.3 is 39.5 Å². The minimum absolute atomic E-state index is 0.00105. The Bertz CT molecular complexity index is 3370. The number of hydrogen-bond acceptors (Lipinski definition) is 15. The van der Waals surface area contributed by atoms with Crippen LogP contribution in [0.2, 0.25) is 0 Å². The van der Waals surface area contributed by atoms with Crippen LogP contribution in [0.15, 0.2) is 76.9 Å². The molecule has 9 heterocycles. The Hall–Kier alpha value is -6.69. The Kier molecular flexibility index (Phi) is 12.5. The molecule has 5 aliphatic heterocycles. The molecule has 5 fully saturated rings. The zero-order valence-corrected chi connectivity index (χ0v) is 44.7. The number of piperazine rings is 1. The van der Waals surface area contributed by atoms with Crippen LogP contribution in [0.4, 0.5) is 5.82 Å². The first kappa shape index (κ1) is 48.9. The second-order valence-electron chi connectivity index (χ2n) is 22.7. The Morgan fingerprint density at radius 3 is 2.58 bits per heavy atom. The molecule has 7 aromatic rings. The van der Waals surface area contributed by atoms with Gasteiger partial charge in [0.1, 0.15) is 36.7 Å². The van der Waals surface area contributed by atoms with Crippen LogP contribution in [0.3, 0.4) is 0 Å². The van der Waals surface area contributed by atoms with E-state index in [1.807, 2.05) is 63.7 Å². The number of nitrogens with zero attached hydrogens (tertiary/aromatic N) is 8. The zero-order chi connectivity index (χ0) is 52.0. The number of amides is 2. The molecule has 0 radical (unpaired) electrons. The van der Waals surface area contributed by atoms with E-state index in [1.54, 1.807) is 22.3 Å². The molecule has 2 amide bonds. The summed E-state index contributed by atoms with van der Waals surface area (Å²) >= 11 is 1.62. The quantitative estimate of drug-likeness (QED) is 0.0936. The van der Waals surface area contributed by atoms with E-state index in [0.717, 1.165) is 131 Å². The van der Waals surface area contributed by atoms with E-state index in [-0.39, 0.29) is 47.0 Å². The van der Waals surface area contributed by atoms with Crippen molar-refractivity contribution >= 4 is 50.6 Å². The number of nitrogens with one attached hydrogen (secondary N) is 2. The molecule has 2 bridgehead atoms. The average molecular weight is 1040 g/mol. The van der Waals surface area contributed by atoms with Crippen molar-refractivity contribution in [1.82, 2.24) is 45.5 Å². The van der Waals surface area contributed by atoms with Crippen molar-refractivity contribution in [1.29, 1.82) is 0 Å². The van der Waals surface area contributed by atoms with Gasteiger partial charge in [0.2, 0.25) is 11.8 Å². The van der Waals surface area contributed by atoms with Crippen molar-refractivity contribution in [2.45, 2.75) is 134 Å². The number of aromatic nitrogens is 5. The van der Waals surface area contributed by atoms with Crippen LogP contribution in [0, 0.1) is 12.8 Å². The lowest BCUT2D eigenvalue weighted by molar-refractivity contribution is -0.141. The number of carbonyl (C=O) groups excluding carboxylic acids is 2. The molecule has 394 valence electrons. The van der Waals surface area contributed by atoms with Gasteiger partial charge >= 0.3 is 6.01 Å². The Balaban J connectivity index is 0.693. The SMILES string of the molecule is Cc1ncsc1-c1ccc([C@H](C)NC(=O)[C@@H]2CCCN2C(=O)[C@@H](c2cc(OC[C@H]3CC[C@]4(COc5nc(N6CC7CCC(C6)N7)c6cnc7c(c6n5)C(C)c5cccc6cc(O)cc-7c56)CCCN34)no2)C(C)C)cc1. The van der Waals surface area contributed by atoms with E-state index in [2.05, 4.69) is 67.8 Å². The van der Waals surface area contributed by atoms with Crippen molar-refractivity contribution in [3.63, 3.8) is 0 Å². The first-order chi connectivity index (χ1) is 36.9. The van der Waals surface area contributed by atoms with Crippen LogP contribution in [0.1, 0.15) is 125 Å². The normalized spacial score (nSPS) is 24.6. The molecule has 6 aliphatic rings. The highest BCUT2D eigenvalue weighted by molar-refractivity contribution is 7.13. The molecule has 5 saturated heterocycles. The van der Waals surface area contributed by atoms with Gasteiger partial charge in [-0.05, 0) is 122 Å². The highest BCUT2D eigenvalue weighted by Crippen LogP contribution is 2.49. The molecule has 3 N–H and O–H groups in total. The zero-order valence-electron chi connectivity index (χ0n) is 43.9. The number of phenols is 1. The van der Waals surface area contributed by atoms with Crippen LogP contribution in [-0.2, 0) is 9.59 Å². The van der Waals surface area contributed by atoms with Crippen LogP contribution in [0.5, 0.6) is 17.6 Å². The molecule has 17 heteroatoms. The first-order valence-corrected chi connectivity index (χ1v) is 28.4. The lowest BCUT2D eigenvalue weighted by Crippen LogP contribution is -2.51. The Labute approximate surface area is 446 Å². The minimum Gasteiger partial charge on any atom is -0.508 e. The van der Waals surface area contributed by atoms with Gasteiger partial charge in [-0.1, -0.05) is 63.2 Å². The van der Waals surface area contributed by atoms with E-state index < -0.39 is 12.0 Å². The van der Waals surface area contributed by atoms with Crippen LogP contribution in [-0.4, -0.2) is 121 Å². The molecule has 16 nitrogen and oxygen atoms in total. The number of benzene rings is 3. The molecular weight excluding hydrogens is 977 g/mol. The standard InChI is InChI=1S/C59H66N10O6S/c1-32(2)49(57(72)68-21-7-11-46(68)56(71)62-34(4)36-12-14-37(15-13-36)54-35(5)61-31-76-54)47-25-48(66-75-47)73-29-41-18-20-59(19-8-22-69(41)59)30-74-58-64-53-45(55(65-58)67-27-39-16-17-40(28-67)63-39)26-60-52-44-24-42(70)23-38-9-6-10-43(51(38)44)33(3)50(52)53/h6,9-10,12-15,23-26,31-34,39-41,46,49,63,70H,7-8,11,16-22,27-30H2,1-5H3,(H,62,71)/t33?,34-,39?,40?,41+,46-,49+,59-/m0/s1. The molecule has 3 unspecified atom stereocenters. The van der Waals surface area contributed by atoms with Crippen molar-refractivity contribution in [2.24, 2.45) is 5.92 Å². The third kappa shape index (κ3) is 8.53. The number of carbonyl (C=O) groups is 2. The van der Waals surface area contributed by atoms with Crippen LogP contribution < -0.4 is 25.0 Å². The lowest BCUT2D eigenvalue weighted by Gasteiger charge is -2.36. The Morgan fingerprint density at radius 2 is 1.79 bits per heavy atom. The fourth-order valence-electron chi connectivity index (χ4n) is 13.9. The summed E-state index contributed by atoms with van der Waals surface area (Å²) in [6.07, 6.45) is 9.48. The second kappa shape index (κ2) is 19.4. The maximum absolute atomic E-state index is 14.5. The number of fused-ring (bicyclic) bond motifs is 7. The number of rotatable bonds is 14. The van der Waals surface area contributed by atoms with Crippen molar-refractivity contribution in [3.05, 3.63) is 101 Å². The number of thiazole rings is 1. The average Bonchev–Trinajstić information content (AvgIpc) is 4.37. The summed E-state index contributed by atoms with van der Waals surface area (Å²) in [5.41, 5.74) is 9.57. The van der Waals surface area contributed by atoms with Gasteiger partial charge in [-0.15, -0.1) is 11.3 Å². The number of hydrogen-bond donors (Lipinski definition) is 3. The van der Waals surface area contributed by atoms with Gasteiger partial charge in [-0.2, -0.15) is 9.97 Å². The number of likely N-dealkylation sites (tertiary alicyclic amines) is 1. The fraction of sp³-hybridized carbons (Fsp3) is 0.475. The van der Waals surface area contributed by atoms with Gasteiger partial charge in [0.25, 0.3) is 5.88 Å². The van der Waals surface area contributed by atoms with Gasteiger partial charge in [0.05, 0.1) is 44.3 Å². The number of aryl methyl sites for hydroxylation is 1. The number of pyridine rings is 1. The predicted octanol–water partition coefficient (Wildman–Crippen LogP) is 9.44. The monoisotopic (exact) mass is 1040 g/mol. The van der Waals surface area contributed by atoms with Crippen molar-refractivity contribution < 1.29 is 28.7 Å². The maximum Gasteiger partial charge on any atom is 0.319 e. The highest BCUT2D eigenvalue weighted by Gasteiger charge is 2.50.